The highest BCUT2D eigenvalue weighted by Crippen LogP contribution is 2.01. The highest BCUT2D eigenvalue weighted by Gasteiger charge is 2.16. The van der Waals surface area contributed by atoms with Crippen LogP contribution in [0, 0.1) is 6.92 Å². The molecule has 1 heteroatoms. The molecule has 0 spiro atoms. The molecule has 2 rings (SSSR count). The summed E-state index contributed by atoms with van der Waals surface area (Å²) in [5, 5.41) is 0. The Balaban J connectivity index is 2.39. The highest BCUT2D eigenvalue weighted by atomic mass is 13.9. The average Bonchev–Trinajstić information content (AvgIpc) is 2.37. The molecule has 0 atom stereocenters. The molecule has 2 aromatic carbocycles. The minimum Gasteiger partial charge on any atom is -0.104 e. The van der Waals surface area contributed by atoms with E-state index in [0.29, 0.717) is 6.71 Å². The summed E-state index contributed by atoms with van der Waals surface area (Å²) in [6, 6.07) is 19.4. The second-order valence-electron chi connectivity index (χ2n) is 4.40. The molecule has 0 aromatic heterocycles. The van der Waals surface area contributed by atoms with Crippen molar-refractivity contribution in [1.29, 1.82) is 0 Å². The van der Waals surface area contributed by atoms with E-state index in [1.54, 1.807) is 0 Å². The first-order valence-electron chi connectivity index (χ1n) is 6.03. The average molecular weight is 220 g/mol. The molecule has 0 heterocycles. The van der Waals surface area contributed by atoms with Gasteiger partial charge in [-0.15, -0.1) is 6.58 Å². The van der Waals surface area contributed by atoms with E-state index in [-0.39, 0.29) is 0 Å². The van der Waals surface area contributed by atoms with Gasteiger partial charge < -0.3 is 0 Å². The molecule has 0 nitrogen and oxygen atoms in total. The fourth-order valence-electron chi connectivity index (χ4n) is 2.20. The number of hydrogen-bond donors (Lipinski definition) is 0. The maximum atomic E-state index is 3.87. The summed E-state index contributed by atoms with van der Waals surface area (Å²) in [7, 11) is 0. The molecular formula is C16H17B. The lowest BCUT2D eigenvalue weighted by atomic mass is 9.38. The van der Waals surface area contributed by atoms with E-state index in [1.165, 1.54) is 16.5 Å². The Hall–Kier alpha value is -1.76. The van der Waals surface area contributed by atoms with E-state index in [2.05, 4.69) is 68.1 Å². The molecule has 2 aromatic rings. The maximum Gasteiger partial charge on any atom is 0.213 e. The molecular weight excluding hydrogens is 203 g/mol. The van der Waals surface area contributed by atoms with E-state index < -0.39 is 0 Å². The molecule has 0 aliphatic rings. The van der Waals surface area contributed by atoms with Crippen LogP contribution in [-0.4, -0.2) is 6.71 Å². The van der Waals surface area contributed by atoms with Crippen molar-refractivity contribution in [3.63, 3.8) is 0 Å². The van der Waals surface area contributed by atoms with Gasteiger partial charge in [-0.25, -0.2) is 0 Å². The lowest BCUT2D eigenvalue weighted by Gasteiger charge is -2.13. The molecule has 0 amide bonds. The minimum atomic E-state index is 0.425. The van der Waals surface area contributed by atoms with Crippen LogP contribution in [0.4, 0.5) is 0 Å². The van der Waals surface area contributed by atoms with Crippen LogP contribution in [0.2, 0.25) is 6.32 Å². The predicted octanol–water partition coefficient (Wildman–Crippen LogP) is 2.79. The Labute approximate surface area is 104 Å². The Morgan fingerprint density at radius 3 is 2.35 bits per heavy atom. The molecule has 0 radical (unpaired) electrons. The van der Waals surface area contributed by atoms with Crippen molar-refractivity contribution in [2.24, 2.45) is 0 Å². The molecule has 84 valence electrons. The molecule has 0 bridgehead atoms. The fourth-order valence-corrected chi connectivity index (χ4v) is 2.20. The summed E-state index contributed by atoms with van der Waals surface area (Å²) >= 11 is 0. The normalized spacial score (nSPS) is 9.94. The number of benzene rings is 2. The van der Waals surface area contributed by atoms with E-state index >= 15 is 0 Å². The first-order chi connectivity index (χ1) is 8.31. The topological polar surface area (TPSA) is 0 Å². The standard InChI is InChI=1S/C16H17B/c1-3-12-17(15-9-5-4-6-10-15)16-11-7-8-14(2)13-16/h3-11,13H,1,12H2,2H3. The predicted molar refractivity (Wildman–Crippen MR) is 77.6 cm³/mol. The minimum absolute atomic E-state index is 0.425. The highest BCUT2D eigenvalue weighted by molar-refractivity contribution is 6.85. The van der Waals surface area contributed by atoms with Crippen LogP contribution < -0.4 is 10.9 Å². The van der Waals surface area contributed by atoms with Gasteiger partial charge in [0, 0.05) is 0 Å². The summed E-state index contributed by atoms with van der Waals surface area (Å²) in [4.78, 5) is 0. The van der Waals surface area contributed by atoms with Crippen molar-refractivity contribution >= 4 is 17.6 Å². The zero-order valence-corrected chi connectivity index (χ0v) is 10.3. The van der Waals surface area contributed by atoms with Crippen LogP contribution in [-0.2, 0) is 0 Å². The van der Waals surface area contributed by atoms with Crippen LogP contribution >= 0.6 is 0 Å². The van der Waals surface area contributed by atoms with E-state index in [4.69, 9.17) is 0 Å². The molecule has 0 saturated heterocycles. The molecule has 0 aliphatic heterocycles. The van der Waals surface area contributed by atoms with Crippen molar-refractivity contribution in [2.45, 2.75) is 13.2 Å². The van der Waals surface area contributed by atoms with Crippen molar-refractivity contribution in [3.8, 4) is 0 Å². The smallest absolute Gasteiger partial charge is 0.104 e. The van der Waals surface area contributed by atoms with Gasteiger partial charge in [0.2, 0.25) is 6.71 Å². The lowest BCUT2D eigenvalue weighted by molar-refractivity contribution is 1.49. The zero-order valence-electron chi connectivity index (χ0n) is 10.3. The van der Waals surface area contributed by atoms with Crippen LogP contribution in [0.25, 0.3) is 0 Å². The van der Waals surface area contributed by atoms with Gasteiger partial charge in [0.1, 0.15) is 0 Å². The molecule has 0 fully saturated rings. The Bertz CT molecular complexity index is 488. The van der Waals surface area contributed by atoms with Gasteiger partial charge in [-0.1, -0.05) is 77.2 Å². The Kier molecular flexibility index (Phi) is 3.82. The second-order valence-corrected chi connectivity index (χ2v) is 4.40. The third-order valence-corrected chi connectivity index (χ3v) is 3.05. The SMILES string of the molecule is C=CCB(c1ccccc1)c1cccc(C)c1. The number of allylic oxidation sites excluding steroid dienone is 1. The molecule has 17 heavy (non-hydrogen) atoms. The summed E-state index contributed by atoms with van der Waals surface area (Å²) in [6.07, 6.45) is 2.98. The van der Waals surface area contributed by atoms with Gasteiger partial charge in [-0.05, 0) is 13.2 Å². The van der Waals surface area contributed by atoms with E-state index in [1.807, 2.05) is 6.08 Å². The summed E-state index contributed by atoms with van der Waals surface area (Å²) in [6.45, 7) is 6.44. The van der Waals surface area contributed by atoms with Crippen molar-refractivity contribution in [3.05, 3.63) is 72.8 Å². The first-order valence-corrected chi connectivity index (χ1v) is 6.03. The zero-order chi connectivity index (χ0) is 12.1. The van der Waals surface area contributed by atoms with Gasteiger partial charge >= 0.3 is 0 Å². The van der Waals surface area contributed by atoms with Crippen LogP contribution in [0.1, 0.15) is 5.56 Å². The third kappa shape index (κ3) is 2.88. The van der Waals surface area contributed by atoms with E-state index in [0.717, 1.165) is 6.32 Å². The Morgan fingerprint density at radius 1 is 1.00 bits per heavy atom. The molecule has 0 saturated carbocycles. The lowest BCUT2D eigenvalue weighted by Crippen LogP contribution is -2.41. The van der Waals surface area contributed by atoms with Crippen LogP contribution in [0.3, 0.4) is 0 Å². The second kappa shape index (κ2) is 5.54. The third-order valence-electron chi connectivity index (χ3n) is 3.05. The number of hydrogen-bond acceptors (Lipinski definition) is 0. The summed E-state index contributed by atoms with van der Waals surface area (Å²) < 4.78 is 0. The quantitative estimate of drug-likeness (QED) is 0.549. The molecule has 0 unspecified atom stereocenters. The first kappa shape index (κ1) is 11.7. The molecule has 0 N–H and O–H groups in total. The molecule has 0 aliphatic carbocycles. The summed E-state index contributed by atoms with van der Waals surface area (Å²) in [5.41, 5.74) is 4.04. The van der Waals surface area contributed by atoms with Gasteiger partial charge in [0.15, 0.2) is 0 Å². The van der Waals surface area contributed by atoms with E-state index in [9.17, 15) is 0 Å². The van der Waals surface area contributed by atoms with Crippen LogP contribution in [0.15, 0.2) is 67.3 Å². The number of aryl methyl sites for hydroxylation is 1. The van der Waals surface area contributed by atoms with Gasteiger partial charge in [0.05, 0.1) is 0 Å². The van der Waals surface area contributed by atoms with Crippen molar-refractivity contribution in [1.82, 2.24) is 0 Å². The maximum absolute atomic E-state index is 3.87. The van der Waals surface area contributed by atoms with Crippen molar-refractivity contribution in [2.75, 3.05) is 0 Å². The van der Waals surface area contributed by atoms with Gasteiger partial charge in [-0.2, -0.15) is 0 Å². The number of rotatable bonds is 4. The van der Waals surface area contributed by atoms with Crippen molar-refractivity contribution < 1.29 is 0 Å². The summed E-state index contributed by atoms with van der Waals surface area (Å²) in [5.74, 6) is 0. The monoisotopic (exact) mass is 220 g/mol. The fraction of sp³-hybridized carbons (Fsp3) is 0.125. The van der Waals surface area contributed by atoms with Crippen LogP contribution in [0.5, 0.6) is 0 Å². The Morgan fingerprint density at radius 2 is 1.71 bits per heavy atom. The van der Waals surface area contributed by atoms with Gasteiger partial charge in [0.25, 0.3) is 0 Å². The largest absolute Gasteiger partial charge is 0.213 e. The van der Waals surface area contributed by atoms with Gasteiger partial charge in [-0.3, -0.25) is 0 Å².